The van der Waals surface area contributed by atoms with Crippen LogP contribution in [0.2, 0.25) is 0 Å². The van der Waals surface area contributed by atoms with Crippen LogP contribution in [0, 0.1) is 6.20 Å². The van der Waals surface area contributed by atoms with Crippen molar-refractivity contribution in [3.05, 3.63) is 60.8 Å². The molecule has 0 fully saturated rings. The van der Waals surface area contributed by atoms with E-state index in [1.165, 1.54) is 10.8 Å². The average molecular weight is 231 g/mol. The van der Waals surface area contributed by atoms with Crippen molar-refractivity contribution >= 4 is 21.7 Å². The molecule has 4 aromatic rings. The summed E-state index contributed by atoms with van der Waals surface area (Å²) in [6.07, 6.45) is 3.19. The van der Waals surface area contributed by atoms with Gasteiger partial charge in [-0.2, -0.15) is 0 Å². The fraction of sp³-hybridized carbons (Fsp3) is 0. The number of hydrogen-bond donors (Lipinski definition) is 2. The molecule has 0 amide bonds. The van der Waals surface area contributed by atoms with Gasteiger partial charge in [-0.3, -0.25) is 0 Å². The summed E-state index contributed by atoms with van der Waals surface area (Å²) < 4.78 is 0. The zero-order chi connectivity index (χ0) is 11.9. The Bertz CT molecular complexity index is 803. The lowest BCUT2D eigenvalue weighted by atomic mass is 10.1. The Kier molecular flexibility index (Phi) is 1.86. The topological polar surface area (TPSA) is 31.6 Å². The number of H-pyrrole nitrogens is 2. The molecule has 2 aromatic carbocycles. The van der Waals surface area contributed by atoms with Crippen molar-refractivity contribution in [2.24, 2.45) is 0 Å². The first-order chi connectivity index (χ1) is 8.92. The molecular formula is C16H11N2. The third-order valence-corrected chi connectivity index (χ3v) is 3.32. The van der Waals surface area contributed by atoms with Crippen molar-refractivity contribution in [1.82, 2.24) is 9.97 Å². The van der Waals surface area contributed by atoms with Crippen molar-refractivity contribution in [1.29, 1.82) is 0 Å². The quantitative estimate of drug-likeness (QED) is 0.494. The minimum Gasteiger partial charge on any atom is -0.353 e. The van der Waals surface area contributed by atoms with Crippen molar-refractivity contribution in [2.75, 3.05) is 0 Å². The van der Waals surface area contributed by atoms with E-state index in [4.69, 9.17) is 0 Å². The van der Waals surface area contributed by atoms with Crippen molar-refractivity contribution < 1.29 is 0 Å². The summed E-state index contributed by atoms with van der Waals surface area (Å²) in [7, 11) is 0. The van der Waals surface area contributed by atoms with Crippen LogP contribution in [0.25, 0.3) is 33.1 Å². The van der Waals surface area contributed by atoms with Gasteiger partial charge in [0.15, 0.2) is 0 Å². The summed E-state index contributed by atoms with van der Waals surface area (Å²) >= 11 is 0. The minimum absolute atomic E-state index is 1.10. The molecule has 1 radical (unpaired) electrons. The van der Waals surface area contributed by atoms with Crippen LogP contribution in [0.4, 0.5) is 0 Å². The van der Waals surface area contributed by atoms with Gasteiger partial charge in [-0.15, -0.1) is 0 Å². The van der Waals surface area contributed by atoms with Crippen molar-refractivity contribution in [2.45, 2.75) is 0 Å². The van der Waals surface area contributed by atoms with Crippen molar-refractivity contribution in [3.63, 3.8) is 0 Å². The number of nitrogens with one attached hydrogen (secondary N) is 2. The Balaban J connectivity index is 2.01. The van der Waals surface area contributed by atoms with Gasteiger partial charge in [-0.25, -0.2) is 0 Å². The third-order valence-electron chi connectivity index (χ3n) is 3.32. The fourth-order valence-corrected chi connectivity index (χ4v) is 2.43. The molecule has 85 valence electrons. The molecule has 18 heavy (non-hydrogen) atoms. The Morgan fingerprint density at radius 2 is 1.72 bits per heavy atom. The molecule has 0 spiro atoms. The molecule has 0 bridgehead atoms. The highest BCUT2D eigenvalue weighted by atomic mass is 14.8. The van der Waals surface area contributed by atoms with Gasteiger partial charge in [0.1, 0.15) is 0 Å². The highest BCUT2D eigenvalue weighted by Gasteiger charge is 2.08. The number of rotatable bonds is 1. The lowest BCUT2D eigenvalue weighted by Crippen LogP contribution is -1.76. The molecule has 2 N–H and O–H groups in total. The molecule has 2 heteroatoms. The van der Waals surface area contributed by atoms with Gasteiger partial charge in [-0.1, -0.05) is 42.5 Å². The van der Waals surface area contributed by atoms with Crippen molar-refractivity contribution in [3.8, 4) is 11.4 Å². The van der Waals surface area contributed by atoms with Crippen LogP contribution in [0.3, 0.4) is 0 Å². The monoisotopic (exact) mass is 231 g/mol. The molecule has 4 rings (SSSR count). The summed E-state index contributed by atoms with van der Waals surface area (Å²) in [6, 6.07) is 18.7. The fourth-order valence-electron chi connectivity index (χ4n) is 2.43. The summed E-state index contributed by atoms with van der Waals surface area (Å²) in [6.45, 7) is 0. The maximum absolute atomic E-state index is 3.44. The van der Waals surface area contributed by atoms with E-state index in [1.54, 1.807) is 0 Å². The standard InChI is InChI=1S/C16H11N2/c1-3-7-13-12(6-1)10-17-16(13)15-9-11-5-2-4-8-14(11)18-15/h1-9,17-18H. The Morgan fingerprint density at radius 3 is 2.67 bits per heavy atom. The lowest BCUT2D eigenvalue weighted by molar-refractivity contribution is 1.35. The smallest absolute Gasteiger partial charge is 0.0711 e. The predicted octanol–water partition coefficient (Wildman–Crippen LogP) is 4.12. The number of benzene rings is 2. The van der Waals surface area contributed by atoms with Crippen LogP contribution in [0.15, 0.2) is 54.6 Å². The number of hydrogen-bond acceptors (Lipinski definition) is 0. The Hall–Kier alpha value is -2.48. The van der Waals surface area contributed by atoms with Gasteiger partial charge in [0, 0.05) is 21.7 Å². The van der Waals surface area contributed by atoms with E-state index in [9.17, 15) is 0 Å². The third kappa shape index (κ3) is 1.29. The molecule has 0 saturated carbocycles. The number of aromatic nitrogens is 2. The largest absolute Gasteiger partial charge is 0.353 e. The lowest BCUT2D eigenvalue weighted by Gasteiger charge is -1.95. The SMILES string of the molecule is [c]1[nH]c(-c2cc3ccccc3[nH]2)c2ccccc12. The molecule has 2 aromatic heterocycles. The van der Waals surface area contributed by atoms with E-state index in [2.05, 4.69) is 58.6 Å². The van der Waals surface area contributed by atoms with Crippen LogP contribution in [0.1, 0.15) is 0 Å². The molecule has 0 unspecified atom stereocenters. The molecule has 0 atom stereocenters. The molecule has 0 aliphatic rings. The van der Waals surface area contributed by atoms with E-state index in [0.717, 1.165) is 22.3 Å². The van der Waals surface area contributed by atoms with E-state index in [1.807, 2.05) is 12.1 Å². The highest BCUT2D eigenvalue weighted by molar-refractivity contribution is 5.97. The maximum atomic E-state index is 3.44. The first-order valence-electron chi connectivity index (χ1n) is 5.98. The Morgan fingerprint density at radius 1 is 0.889 bits per heavy atom. The normalized spacial score (nSPS) is 11.3. The molecule has 0 aliphatic heterocycles. The first kappa shape index (κ1) is 9.54. The van der Waals surface area contributed by atoms with Gasteiger partial charge >= 0.3 is 0 Å². The summed E-state index contributed by atoms with van der Waals surface area (Å²) in [5, 5.41) is 3.54. The number of fused-ring (bicyclic) bond motifs is 2. The predicted molar refractivity (Wildman–Crippen MR) is 74.4 cm³/mol. The second-order valence-corrected chi connectivity index (χ2v) is 4.44. The van der Waals surface area contributed by atoms with E-state index in [0.29, 0.717) is 0 Å². The number of aromatic amines is 2. The Labute approximate surface area is 104 Å². The molecule has 0 saturated heterocycles. The molecule has 0 aliphatic carbocycles. The summed E-state index contributed by atoms with van der Waals surface area (Å²) in [5.41, 5.74) is 3.36. The number of para-hydroxylation sites is 1. The second kappa shape index (κ2) is 3.50. The van der Waals surface area contributed by atoms with Crippen LogP contribution in [-0.2, 0) is 0 Å². The van der Waals surface area contributed by atoms with Gasteiger partial charge < -0.3 is 9.97 Å². The summed E-state index contributed by atoms with van der Waals surface area (Å²) in [4.78, 5) is 6.67. The van der Waals surface area contributed by atoms with E-state index >= 15 is 0 Å². The van der Waals surface area contributed by atoms with E-state index < -0.39 is 0 Å². The maximum Gasteiger partial charge on any atom is 0.0711 e. The molecule has 2 heterocycles. The molecular weight excluding hydrogens is 220 g/mol. The van der Waals surface area contributed by atoms with E-state index in [-0.39, 0.29) is 0 Å². The summed E-state index contributed by atoms with van der Waals surface area (Å²) in [5.74, 6) is 0. The zero-order valence-corrected chi connectivity index (χ0v) is 9.70. The average Bonchev–Trinajstić information content (AvgIpc) is 3.02. The van der Waals surface area contributed by atoms with Gasteiger partial charge in [-0.05, 0) is 12.1 Å². The van der Waals surface area contributed by atoms with Crippen LogP contribution >= 0.6 is 0 Å². The van der Waals surface area contributed by atoms with Gasteiger partial charge in [0.25, 0.3) is 0 Å². The first-order valence-corrected chi connectivity index (χ1v) is 5.98. The second-order valence-electron chi connectivity index (χ2n) is 4.44. The minimum atomic E-state index is 1.10. The van der Waals surface area contributed by atoms with Crippen LogP contribution in [-0.4, -0.2) is 9.97 Å². The van der Waals surface area contributed by atoms with Gasteiger partial charge in [0.2, 0.25) is 0 Å². The van der Waals surface area contributed by atoms with Crippen LogP contribution in [0.5, 0.6) is 0 Å². The highest BCUT2D eigenvalue weighted by Crippen LogP contribution is 2.29. The zero-order valence-electron chi connectivity index (χ0n) is 9.70. The molecule has 2 nitrogen and oxygen atoms in total. The van der Waals surface area contributed by atoms with Gasteiger partial charge in [0.05, 0.1) is 17.6 Å². The van der Waals surface area contributed by atoms with Crippen LogP contribution < -0.4 is 0 Å².